The van der Waals surface area contributed by atoms with Crippen LogP contribution in [0.4, 0.5) is 0 Å². The Morgan fingerprint density at radius 3 is 3.05 bits per heavy atom. The fraction of sp³-hybridized carbons (Fsp3) is 0.286. The Balaban J connectivity index is 1.68. The van der Waals surface area contributed by atoms with E-state index >= 15 is 0 Å². The molecule has 2 heterocycles. The monoisotopic (exact) mass is 309 g/mol. The number of aromatic nitrogens is 2. The van der Waals surface area contributed by atoms with Crippen molar-refractivity contribution in [3.8, 4) is 0 Å². The molecule has 1 amide bonds. The first-order chi connectivity index (χ1) is 9.65. The van der Waals surface area contributed by atoms with Gasteiger partial charge in [0.15, 0.2) is 0 Å². The number of hydrogen-bond acceptors (Lipinski definition) is 3. The number of aryl methyl sites for hydroxylation is 2. The van der Waals surface area contributed by atoms with Crippen molar-refractivity contribution >= 4 is 34.9 Å². The second kappa shape index (κ2) is 7.26. The number of nitrogens with one attached hydrogen (secondary N) is 2. The van der Waals surface area contributed by atoms with Crippen LogP contribution in [-0.2, 0) is 11.2 Å². The second-order valence-electron chi connectivity index (χ2n) is 4.39. The van der Waals surface area contributed by atoms with Gasteiger partial charge < -0.3 is 5.32 Å². The van der Waals surface area contributed by atoms with E-state index < -0.39 is 0 Å². The van der Waals surface area contributed by atoms with E-state index in [0.717, 1.165) is 27.7 Å². The summed E-state index contributed by atoms with van der Waals surface area (Å²) < 4.78 is 0.723. The molecule has 0 bridgehead atoms. The summed E-state index contributed by atoms with van der Waals surface area (Å²) in [5.74, 6) is -0.0848. The van der Waals surface area contributed by atoms with Crippen LogP contribution in [0.1, 0.15) is 22.6 Å². The van der Waals surface area contributed by atoms with Crippen molar-refractivity contribution in [3.63, 3.8) is 0 Å². The molecule has 2 N–H and O–H groups in total. The number of H-pyrrole nitrogens is 1. The van der Waals surface area contributed by atoms with Gasteiger partial charge in [0.1, 0.15) is 0 Å². The summed E-state index contributed by atoms with van der Waals surface area (Å²) in [5.41, 5.74) is 2.29. The van der Waals surface area contributed by atoms with Crippen LogP contribution in [-0.4, -0.2) is 22.6 Å². The van der Waals surface area contributed by atoms with E-state index in [2.05, 4.69) is 15.5 Å². The number of carbonyl (C=O) groups is 1. The fourth-order valence-corrected chi connectivity index (χ4v) is 2.72. The van der Waals surface area contributed by atoms with Crippen LogP contribution in [0, 0.1) is 6.92 Å². The zero-order chi connectivity index (χ0) is 14.4. The number of hydrogen-bond donors (Lipinski definition) is 2. The lowest BCUT2D eigenvalue weighted by Gasteiger charge is -2.01. The largest absolute Gasteiger partial charge is 0.353 e. The van der Waals surface area contributed by atoms with Gasteiger partial charge in [0.25, 0.3) is 0 Å². The molecule has 2 aromatic rings. The average molecular weight is 310 g/mol. The number of carbonyl (C=O) groups excluding carboxylic acids is 1. The Hall–Kier alpha value is -1.59. The predicted octanol–water partition coefficient (Wildman–Crippen LogP) is 3.20. The third kappa shape index (κ3) is 4.51. The molecule has 6 heteroatoms. The van der Waals surface area contributed by atoms with E-state index in [0.29, 0.717) is 6.54 Å². The van der Waals surface area contributed by atoms with Crippen LogP contribution in [0.2, 0.25) is 4.34 Å². The van der Waals surface area contributed by atoms with E-state index in [1.165, 1.54) is 23.0 Å². The Labute approximate surface area is 126 Å². The summed E-state index contributed by atoms with van der Waals surface area (Å²) in [6.07, 6.45) is 6.94. The lowest BCUT2D eigenvalue weighted by atomic mass is 10.1. The third-order valence-electron chi connectivity index (χ3n) is 2.85. The molecule has 0 unspecified atom stereocenters. The molecule has 0 aliphatic carbocycles. The smallest absolute Gasteiger partial charge is 0.244 e. The molecule has 4 nitrogen and oxygen atoms in total. The molecule has 0 spiro atoms. The maximum absolute atomic E-state index is 11.6. The molecule has 0 aliphatic heterocycles. The number of rotatable bonds is 6. The molecule has 0 saturated carbocycles. The molecule has 0 radical (unpaired) electrons. The van der Waals surface area contributed by atoms with Gasteiger partial charge in [0.05, 0.1) is 10.5 Å². The Morgan fingerprint density at radius 1 is 1.55 bits per heavy atom. The number of aromatic amines is 1. The molecule has 20 heavy (non-hydrogen) atoms. The molecule has 0 atom stereocenters. The second-order valence-corrected chi connectivity index (χ2v) is 6.14. The van der Waals surface area contributed by atoms with Gasteiger partial charge in [-0.2, -0.15) is 5.10 Å². The SMILES string of the molecule is Cc1[nH]ncc1CCCNC(=O)C=Cc1ccc(Cl)s1. The van der Waals surface area contributed by atoms with Crippen LogP contribution < -0.4 is 5.32 Å². The van der Waals surface area contributed by atoms with E-state index in [-0.39, 0.29) is 5.91 Å². The molecule has 2 aromatic heterocycles. The number of halogens is 1. The molecule has 106 valence electrons. The van der Waals surface area contributed by atoms with E-state index in [4.69, 9.17) is 11.6 Å². The van der Waals surface area contributed by atoms with Crippen LogP contribution in [0.3, 0.4) is 0 Å². The number of thiophene rings is 1. The molecule has 0 saturated heterocycles. The van der Waals surface area contributed by atoms with Crippen LogP contribution >= 0.6 is 22.9 Å². The Kier molecular flexibility index (Phi) is 5.38. The number of amides is 1. The summed E-state index contributed by atoms with van der Waals surface area (Å²) in [6, 6.07) is 3.70. The zero-order valence-corrected chi connectivity index (χ0v) is 12.7. The van der Waals surface area contributed by atoms with Crippen LogP contribution in [0.5, 0.6) is 0 Å². The van der Waals surface area contributed by atoms with Gasteiger partial charge in [-0.3, -0.25) is 9.89 Å². The van der Waals surface area contributed by atoms with Crippen molar-refractivity contribution in [1.82, 2.24) is 15.5 Å². The van der Waals surface area contributed by atoms with Gasteiger partial charge in [0.2, 0.25) is 5.91 Å². The summed E-state index contributed by atoms with van der Waals surface area (Å²) in [6.45, 7) is 2.65. The summed E-state index contributed by atoms with van der Waals surface area (Å²) in [7, 11) is 0. The molecular weight excluding hydrogens is 294 g/mol. The highest BCUT2D eigenvalue weighted by molar-refractivity contribution is 7.17. The van der Waals surface area contributed by atoms with Gasteiger partial charge in [0, 0.05) is 23.2 Å². The maximum atomic E-state index is 11.6. The first-order valence-electron chi connectivity index (χ1n) is 6.35. The quantitative estimate of drug-likeness (QED) is 0.636. The number of nitrogens with zero attached hydrogens (tertiary/aromatic N) is 1. The zero-order valence-electron chi connectivity index (χ0n) is 11.1. The van der Waals surface area contributed by atoms with Crippen molar-refractivity contribution in [3.05, 3.63) is 44.9 Å². The molecule has 0 aromatic carbocycles. The average Bonchev–Trinajstić information content (AvgIpc) is 3.01. The Bertz CT molecular complexity index is 603. The fourth-order valence-electron chi connectivity index (χ4n) is 1.75. The Morgan fingerprint density at radius 2 is 2.40 bits per heavy atom. The molecular formula is C14H16ClN3OS. The molecule has 0 aliphatic rings. The van der Waals surface area contributed by atoms with Gasteiger partial charge >= 0.3 is 0 Å². The van der Waals surface area contributed by atoms with Crippen LogP contribution in [0.15, 0.2) is 24.4 Å². The summed E-state index contributed by atoms with van der Waals surface area (Å²) in [4.78, 5) is 12.6. The molecule has 0 fully saturated rings. The summed E-state index contributed by atoms with van der Waals surface area (Å²) >= 11 is 7.26. The lowest BCUT2D eigenvalue weighted by Crippen LogP contribution is -2.22. The van der Waals surface area contributed by atoms with Gasteiger partial charge in [-0.25, -0.2) is 0 Å². The minimum absolute atomic E-state index is 0.0848. The third-order valence-corrected chi connectivity index (χ3v) is 4.05. The van der Waals surface area contributed by atoms with Gasteiger partial charge in [-0.05, 0) is 43.5 Å². The van der Waals surface area contributed by atoms with Crippen molar-refractivity contribution in [2.24, 2.45) is 0 Å². The van der Waals surface area contributed by atoms with Gasteiger partial charge in [-0.15, -0.1) is 11.3 Å². The maximum Gasteiger partial charge on any atom is 0.244 e. The minimum atomic E-state index is -0.0848. The standard InChI is InChI=1S/C14H16ClN3OS/c1-10-11(9-17-18-10)3-2-8-16-14(19)7-5-12-4-6-13(15)20-12/h4-7,9H,2-3,8H2,1H3,(H,16,19)(H,17,18). The first-order valence-corrected chi connectivity index (χ1v) is 7.54. The predicted molar refractivity (Wildman–Crippen MR) is 83.0 cm³/mol. The first kappa shape index (κ1) is 14.8. The van der Waals surface area contributed by atoms with Crippen LogP contribution in [0.25, 0.3) is 6.08 Å². The normalized spacial score (nSPS) is 11.1. The van der Waals surface area contributed by atoms with Crippen molar-refractivity contribution < 1.29 is 4.79 Å². The van der Waals surface area contributed by atoms with E-state index in [1.54, 1.807) is 6.08 Å². The highest BCUT2D eigenvalue weighted by Gasteiger charge is 2.01. The highest BCUT2D eigenvalue weighted by Crippen LogP contribution is 2.22. The van der Waals surface area contributed by atoms with Gasteiger partial charge in [-0.1, -0.05) is 11.6 Å². The highest BCUT2D eigenvalue weighted by atomic mass is 35.5. The van der Waals surface area contributed by atoms with Crippen molar-refractivity contribution in [2.75, 3.05) is 6.54 Å². The van der Waals surface area contributed by atoms with E-state index in [9.17, 15) is 4.79 Å². The topological polar surface area (TPSA) is 57.8 Å². The van der Waals surface area contributed by atoms with E-state index in [1.807, 2.05) is 25.3 Å². The minimum Gasteiger partial charge on any atom is -0.353 e. The molecule has 2 rings (SSSR count). The summed E-state index contributed by atoms with van der Waals surface area (Å²) in [5, 5.41) is 9.72. The lowest BCUT2D eigenvalue weighted by molar-refractivity contribution is -0.116. The van der Waals surface area contributed by atoms with Crippen molar-refractivity contribution in [1.29, 1.82) is 0 Å². The van der Waals surface area contributed by atoms with Crippen molar-refractivity contribution in [2.45, 2.75) is 19.8 Å².